The van der Waals surface area contributed by atoms with Gasteiger partial charge in [0.15, 0.2) is 5.71 Å². The first-order valence-electron chi connectivity index (χ1n) is 5.28. The molecule has 1 heteroatoms. The molecular weight excluding hydrogens is 146 g/mol. The van der Waals surface area contributed by atoms with Crippen LogP contribution >= 0.6 is 0 Å². The van der Waals surface area contributed by atoms with Crippen molar-refractivity contribution in [2.45, 2.75) is 45.4 Å². The molecule has 0 spiro atoms. The minimum atomic E-state index is 0.937. The number of hydrogen-bond donors (Lipinski definition) is 0. The summed E-state index contributed by atoms with van der Waals surface area (Å²) in [4.78, 5) is 0. The van der Waals surface area contributed by atoms with Crippen LogP contribution < -0.4 is 0 Å². The predicted molar refractivity (Wildman–Crippen MR) is 54.0 cm³/mol. The van der Waals surface area contributed by atoms with Gasteiger partial charge in [0.25, 0.3) is 0 Å². The molecule has 1 aliphatic carbocycles. The molecule has 0 radical (unpaired) electrons. The van der Waals surface area contributed by atoms with Crippen molar-refractivity contribution in [2.24, 2.45) is 5.92 Å². The predicted octanol–water partition coefficient (Wildman–Crippen LogP) is 2.69. The van der Waals surface area contributed by atoms with Gasteiger partial charge in [-0.2, -0.15) is 0 Å². The van der Waals surface area contributed by atoms with Crippen LogP contribution in [-0.4, -0.2) is 24.4 Å². The first-order valence-corrected chi connectivity index (χ1v) is 5.28. The van der Waals surface area contributed by atoms with E-state index >= 15 is 0 Å². The molecule has 0 heterocycles. The van der Waals surface area contributed by atoms with Crippen molar-refractivity contribution in [3.8, 4) is 0 Å². The summed E-state index contributed by atoms with van der Waals surface area (Å²) < 4.78 is 2.35. The maximum Gasteiger partial charge on any atom is 0.154 e. The fraction of sp³-hybridized carbons (Fsp3) is 0.909. The zero-order valence-corrected chi connectivity index (χ0v) is 8.77. The van der Waals surface area contributed by atoms with Crippen molar-refractivity contribution in [3.63, 3.8) is 0 Å². The summed E-state index contributed by atoms with van der Waals surface area (Å²) in [5, 5.41) is 0. The minimum Gasteiger partial charge on any atom is -0.242 e. The highest BCUT2D eigenvalue weighted by atomic mass is 14.9. The van der Waals surface area contributed by atoms with Crippen molar-refractivity contribution in [3.05, 3.63) is 0 Å². The molecule has 0 aromatic heterocycles. The Bertz CT molecular complexity index is 162. The topological polar surface area (TPSA) is 3.01 Å². The molecule has 12 heavy (non-hydrogen) atoms. The molecule has 0 aromatic rings. The second-order valence-corrected chi connectivity index (χ2v) is 4.12. The van der Waals surface area contributed by atoms with E-state index in [2.05, 4.69) is 25.6 Å². The first-order chi connectivity index (χ1) is 5.75. The molecule has 0 aliphatic heterocycles. The lowest BCUT2D eigenvalue weighted by Crippen LogP contribution is -2.28. The van der Waals surface area contributed by atoms with Crippen LogP contribution in [0.4, 0.5) is 0 Å². The summed E-state index contributed by atoms with van der Waals surface area (Å²) in [7, 11) is 4.40. The Kier molecular flexibility index (Phi) is 3.77. The summed E-state index contributed by atoms with van der Waals surface area (Å²) in [6.07, 6.45) is 8.35. The van der Waals surface area contributed by atoms with Crippen molar-refractivity contribution < 1.29 is 4.58 Å². The fourth-order valence-electron chi connectivity index (χ4n) is 1.89. The summed E-state index contributed by atoms with van der Waals surface area (Å²) >= 11 is 0. The second-order valence-electron chi connectivity index (χ2n) is 4.12. The SMILES string of the molecule is CCCCC(C1CCC1)=[N+](C)C. The molecule has 70 valence electrons. The largest absolute Gasteiger partial charge is 0.242 e. The van der Waals surface area contributed by atoms with Gasteiger partial charge in [0.05, 0.1) is 0 Å². The van der Waals surface area contributed by atoms with Crippen molar-refractivity contribution in [1.29, 1.82) is 0 Å². The number of hydrogen-bond acceptors (Lipinski definition) is 0. The molecule has 0 N–H and O–H groups in total. The van der Waals surface area contributed by atoms with Crippen LogP contribution in [0.2, 0.25) is 0 Å². The van der Waals surface area contributed by atoms with Gasteiger partial charge < -0.3 is 0 Å². The van der Waals surface area contributed by atoms with Crippen LogP contribution in [0, 0.1) is 5.92 Å². The molecular formula is C11H22N+. The van der Waals surface area contributed by atoms with E-state index in [4.69, 9.17) is 0 Å². The van der Waals surface area contributed by atoms with Gasteiger partial charge in [0.1, 0.15) is 14.1 Å². The number of rotatable bonds is 4. The zero-order valence-electron chi connectivity index (χ0n) is 8.77. The van der Waals surface area contributed by atoms with Crippen LogP contribution in [0.25, 0.3) is 0 Å². The Labute approximate surface area is 76.5 Å². The molecule has 0 aromatic carbocycles. The quantitative estimate of drug-likeness (QED) is 0.448. The van der Waals surface area contributed by atoms with Crippen LogP contribution in [0.3, 0.4) is 0 Å². The van der Waals surface area contributed by atoms with Crippen LogP contribution in [-0.2, 0) is 0 Å². The highest BCUT2D eigenvalue weighted by Gasteiger charge is 2.27. The molecule has 0 saturated heterocycles. The highest BCUT2D eigenvalue weighted by Crippen LogP contribution is 2.29. The van der Waals surface area contributed by atoms with Gasteiger partial charge in [0.2, 0.25) is 0 Å². The Morgan fingerprint density at radius 1 is 1.33 bits per heavy atom. The molecule has 0 amide bonds. The molecule has 1 rings (SSSR count). The van der Waals surface area contributed by atoms with Crippen molar-refractivity contribution in [1.82, 2.24) is 0 Å². The summed E-state index contributed by atoms with van der Waals surface area (Å²) in [5.41, 5.74) is 1.70. The Hall–Kier alpha value is -0.330. The van der Waals surface area contributed by atoms with E-state index in [-0.39, 0.29) is 0 Å². The maximum absolute atomic E-state index is 2.35. The van der Waals surface area contributed by atoms with E-state index in [9.17, 15) is 0 Å². The van der Waals surface area contributed by atoms with E-state index in [1.807, 2.05) is 0 Å². The third-order valence-electron chi connectivity index (χ3n) is 2.94. The Morgan fingerprint density at radius 3 is 2.33 bits per heavy atom. The number of nitrogens with zero attached hydrogens (tertiary/aromatic N) is 1. The van der Waals surface area contributed by atoms with E-state index in [0.29, 0.717) is 0 Å². The third-order valence-corrected chi connectivity index (χ3v) is 2.94. The zero-order chi connectivity index (χ0) is 8.97. The highest BCUT2D eigenvalue weighted by molar-refractivity contribution is 5.82. The summed E-state index contributed by atoms with van der Waals surface area (Å²) in [6, 6.07) is 0. The monoisotopic (exact) mass is 168 g/mol. The standard InChI is InChI=1S/C11H22N/c1-4-5-9-11(12(2)3)10-7-6-8-10/h10H,4-9H2,1-3H3/q+1. The fourth-order valence-corrected chi connectivity index (χ4v) is 1.89. The second kappa shape index (κ2) is 4.64. The van der Waals surface area contributed by atoms with Crippen molar-refractivity contribution >= 4 is 5.71 Å². The Morgan fingerprint density at radius 2 is 2.00 bits per heavy atom. The molecule has 1 saturated carbocycles. The van der Waals surface area contributed by atoms with E-state index in [1.165, 1.54) is 38.5 Å². The van der Waals surface area contributed by atoms with Crippen LogP contribution in [0.15, 0.2) is 0 Å². The normalized spacial score (nSPS) is 17.2. The van der Waals surface area contributed by atoms with Gasteiger partial charge in [-0.1, -0.05) is 19.8 Å². The molecule has 1 fully saturated rings. The smallest absolute Gasteiger partial charge is 0.154 e. The van der Waals surface area contributed by atoms with Gasteiger partial charge in [-0.15, -0.1) is 0 Å². The van der Waals surface area contributed by atoms with E-state index in [0.717, 1.165) is 5.92 Å². The average molecular weight is 168 g/mol. The van der Waals surface area contributed by atoms with Gasteiger partial charge in [0, 0.05) is 12.3 Å². The third kappa shape index (κ3) is 2.33. The van der Waals surface area contributed by atoms with Gasteiger partial charge in [-0.3, -0.25) is 0 Å². The van der Waals surface area contributed by atoms with Gasteiger partial charge in [-0.25, -0.2) is 4.58 Å². The number of unbranched alkanes of at least 4 members (excludes halogenated alkanes) is 1. The average Bonchev–Trinajstić information content (AvgIpc) is 1.93. The molecule has 0 unspecified atom stereocenters. The lowest BCUT2D eigenvalue weighted by atomic mass is 9.80. The molecule has 0 atom stereocenters. The van der Waals surface area contributed by atoms with Crippen LogP contribution in [0.5, 0.6) is 0 Å². The van der Waals surface area contributed by atoms with Gasteiger partial charge >= 0.3 is 0 Å². The Balaban J connectivity index is 2.44. The maximum atomic E-state index is 2.35. The summed E-state index contributed by atoms with van der Waals surface area (Å²) in [6.45, 7) is 2.27. The van der Waals surface area contributed by atoms with Gasteiger partial charge in [-0.05, 0) is 19.3 Å². The lowest BCUT2D eigenvalue weighted by molar-refractivity contribution is -0.469. The van der Waals surface area contributed by atoms with Crippen LogP contribution in [0.1, 0.15) is 45.4 Å². The summed E-state index contributed by atoms with van der Waals surface area (Å²) in [5.74, 6) is 0.937. The molecule has 0 bridgehead atoms. The van der Waals surface area contributed by atoms with Crippen molar-refractivity contribution in [2.75, 3.05) is 14.1 Å². The molecule has 1 nitrogen and oxygen atoms in total. The minimum absolute atomic E-state index is 0.937. The lowest BCUT2D eigenvalue weighted by Gasteiger charge is -2.24. The van der Waals surface area contributed by atoms with E-state index < -0.39 is 0 Å². The molecule has 1 aliphatic rings. The van der Waals surface area contributed by atoms with E-state index in [1.54, 1.807) is 5.71 Å². The first kappa shape index (κ1) is 9.76.